The zero-order chi connectivity index (χ0) is 12.1. The molecule has 0 amide bonds. The van der Waals surface area contributed by atoms with Crippen molar-refractivity contribution in [1.29, 1.82) is 0 Å². The molecule has 2 nitrogen and oxygen atoms in total. The van der Waals surface area contributed by atoms with E-state index < -0.39 is 0 Å². The van der Waals surface area contributed by atoms with Crippen molar-refractivity contribution in [2.24, 2.45) is 5.92 Å². The van der Waals surface area contributed by atoms with Crippen LogP contribution in [0.5, 0.6) is 5.75 Å². The highest BCUT2D eigenvalue weighted by atomic mass is 16.5. The van der Waals surface area contributed by atoms with Gasteiger partial charge in [-0.15, -0.1) is 0 Å². The molecule has 94 valence electrons. The van der Waals surface area contributed by atoms with Gasteiger partial charge in [0, 0.05) is 6.04 Å². The minimum Gasteiger partial charge on any atom is -0.497 e. The number of benzene rings is 1. The summed E-state index contributed by atoms with van der Waals surface area (Å²) < 4.78 is 5.23. The quantitative estimate of drug-likeness (QED) is 0.844. The standard InChI is InChI=1S/C15H23NO/c1-12-6-7-14(10-12)16-9-8-13-4-3-5-15(11-13)17-2/h3-5,11-12,14,16H,6-10H2,1-2H3. The highest BCUT2D eigenvalue weighted by molar-refractivity contribution is 5.28. The maximum absolute atomic E-state index is 5.23. The summed E-state index contributed by atoms with van der Waals surface area (Å²) in [6, 6.07) is 9.09. The molecule has 2 unspecified atom stereocenters. The van der Waals surface area contributed by atoms with Crippen LogP contribution < -0.4 is 10.1 Å². The summed E-state index contributed by atoms with van der Waals surface area (Å²) in [5.74, 6) is 1.86. The van der Waals surface area contributed by atoms with E-state index in [0.717, 1.165) is 30.7 Å². The lowest BCUT2D eigenvalue weighted by atomic mass is 10.1. The summed E-state index contributed by atoms with van der Waals surface area (Å²) in [4.78, 5) is 0. The van der Waals surface area contributed by atoms with E-state index in [2.05, 4.69) is 30.4 Å². The van der Waals surface area contributed by atoms with Gasteiger partial charge >= 0.3 is 0 Å². The van der Waals surface area contributed by atoms with Gasteiger partial charge in [-0.2, -0.15) is 0 Å². The smallest absolute Gasteiger partial charge is 0.119 e. The van der Waals surface area contributed by atoms with E-state index in [1.165, 1.54) is 24.8 Å². The first kappa shape index (κ1) is 12.4. The molecule has 0 aliphatic heterocycles. The topological polar surface area (TPSA) is 21.3 Å². The minimum absolute atomic E-state index is 0.746. The number of hydrogen-bond acceptors (Lipinski definition) is 2. The van der Waals surface area contributed by atoms with Crippen LogP contribution in [0.4, 0.5) is 0 Å². The second-order valence-electron chi connectivity index (χ2n) is 5.17. The van der Waals surface area contributed by atoms with Gasteiger partial charge in [0.25, 0.3) is 0 Å². The molecule has 0 spiro atoms. The van der Waals surface area contributed by atoms with Crippen LogP contribution in [-0.2, 0) is 6.42 Å². The predicted octanol–water partition coefficient (Wildman–Crippen LogP) is 3.02. The average Bonchev–Trinajstić information content (AvgIpc) is 2.75. The Balaban J connectivity index is 1.74. The summed E-state index contributed by atoms with van der Waals surface area (Å²) >= 11 is 0. The molecule has 17 heavy (non-hydrogen) atoms. The second-order valence-corrected chi connectivity index (χ2v) is 5.17. The van der Waals surface area contributed by atoms with Crippen molar-refractivity contribution in [3.05, 3.63) is 29.8 Å². The Labute approximate surface area is 104 Å². The molecule has 0 bridgehead atoms. The van der Waals surface area contributed by atoms with Crippen LogP contribution in [-0.4, -0.2) is 19.7 Å². The molecule has 0 radical (unpaired) electrons. The molecule has 1 aliphatic carbocycles. The summed E-state index contributed by atoms with van der Waals surface area (Å²) in [5, 5.41) is 3.66. The SMILES string of the molecule is COc1cccc(CCNC2CCC(C)C2)c1. The Morgan fingerprint density at radius 1 is 1.35 bits per heavy atom. The highest BCUT2D eigenvalue weighted by Crippen LogP contribution is 2.24. The number of methoxy groups -OCH3 is 1. The van der Waals surface area contributed by atoms with E-state index in [4.69, 9.17) is 4.74 Å². The van der Waals surface area contributed by atoms with Crippen molar-refractivity contribution < 1.29 is 4.74 Å². The van der Waals surface area contributed by atoms with Crippen molar-refractivity contribution in [3.8, 4) is 5.75 Å². The summed E-state index contributed by atoms with van der Waals surface area (Å²) in [6.45, 7) is 3.42. The molecule has 1 saturated carbocycles. The fourth-order valence-corrected chi connectivity index (χ4v) is 2.64. The van der Waals surface area contributed by atoms with Gasteiger partial charge in [-0.05, 0) is 55.8 Å². The Morgan fingerprint density at radius 3 is 2.94 bits per heavy atom. The molecule has 1 fully saturated rings. The van der Waals surface area contributed by atoms with Crippen molar-refractivity contribution in [1.82, 2.24) is 5.32 Å². The van der Waals surface area contributed by atoms with Crippen molar-refractivity contribution in [3.63, 3.8) is 0 Å². The molecule has 0 saturated heterocycles. The lowest BCUT2D eigenvalue weighted by Crippen LogP contribution is -2.28. The first-order valence-electron chi connectivity index (χ1n) is 6.64. The lowest BCUT2D eigenvalue weighted by Gasteiger charge is -2.12. The van der Waals surface area contributed by atoms with Gasteiger partial charge in [-0.25, -0.2) is 0 Å². The van der Waals surface area contributed by atoms with Crippen LogP contribution in [0, 0.1) is 5.92 Å². The second kappa shape index (κ2) is 6.06. The Bertz CT molecular complexity index is 351. The van der Waals surface area contributed by atoms with E-state index in [1.54, 1.807) is 7.11 Å². The van der Waals surface area contributed by atoms with Crippen LogP contribution in [0.15, 0.2) is 24.3 Å². The monoisotopic (exact) mass is 233 g/mol. The molecule has 0 aromatic heterocycles. The Hall–Kier alpha value is -1.02. The fraction of sp³-hybridized carbons (Fsp3) is 0.600. The summed E-state index contributed by atoms with van der Waals surface area (Å²) in [5.41, 5.74) is 1.35. The van der Waals surface area contributed by atoms with Crippen LogP contribution in [0.3, 0.4) is 0 Å². The van der Waals surface area contributed by atoms with Crippen LogP contribution in [0.1, 0.15) is 31.7 Å². The van der Waals surface area contributed by atoms with Gasteiger partial charge in [0.2, 0.25) is 0 Å². The third kappa shape index (κ3) is 3.74. The molecular weight excluding hydrogens is 210 g/mol. The van der Waals surface area contributed by atoms with E-state index >= 15 is 0 Å². The zero-order valence-corrected chi connectivity index (χ0v) is 10.9. The molecule has 1 aromatic rings. The predicted molar refractivity (Wildman–Crippen MR) is 71.5 cm³/mol. The number of rotatable bonds is 5. The van der Waals surface area contributed by atoms with Gasteiger partial charge in [0.1, 0.15) is 5.75 Å². The van der Waals surface area contributed by atoms with Crippen molar-refractivity contribution in [2.45, 2.75) is 38.6 Å². The van der Waals surface area contributed by atoms with Crippen LogP contribution in [0.2, 0.25) is 0 Å². The number of hydrogen-bond donors (Lipinski definition) is 1. The first-order chi connectivity index (χ1) is 8.28. The number of nitrogens with one attached hydrogen (secondary N) is 1. The third-order valence-electron chi connectivity index (χ3n) is 3.68. The molecule has 2 heteroatoms. The van der Waals surface area contributed by atoms with E-state index in [9.17, 15) is 0 Å². The van der Waals surface area contributed by atoms with Gasteiger partial charge in [-0.1, -0.05) is 19.1 Å². The van der Waals surface area contributed by atoms with Crippen LogP contribution >= 0.6 is 0 Å². The fourth-order valence-electron chi connectivity index (χ4n) is 2.64. The maximum atomic E-state index is 5.23. The lowest BCUT2D eigenvalue weighted by molar-refractivity contribution is 0.414. The average molecular weight is 233 g/mol. The molecule has 2 atom stereocenters. The minimum atomic E-state index is 0.746. The Morgan fingerprint density at radius 2 is 2.24 bits per heavy atom. The third-order valence-corrected chi connectivity index (χ3v) is 3.68. The molecular formula is C15H23NO. The Kier molecular flexibility index (Phi) is 4.43. The normalized spacial score (nSPS) is 23.9. The first-order valence-corrected chi connectivity index (χ1v) is 6.64. The largest absolute Gasteiger partial charge is 0.497 e. The van der Waals surface area contributed by atoms with E-state index in [0.29, 0.717) is 0 Å². The maximum Gasteiger partial charge on any atom is 0.119 e. The zero-order valence-electron chi connectivity index (χ0n) is 10.9. The molecule has 0 heterocycles. The van der Waals surface area contributed by atoms with Gasteiger partial charge < -0.3 is 10.1 Å². The molecule has 1 aromatic carbocycles. The number of ether oxygens (including phenoxy) is 1. The van der Waals surface area contributed by atoms with E-state index in [1.807, 2.05) is 6.07 Å². The van der Waals surface area contributed by atoms with Crippen molar-refractivity contribution >= 4 is 0 Å². The van der Waals surface area contributed by atoms with Gasteiger partial charge in [0.05, 0.1) is 7.11 Å². The molecule has 1 aliphatic rings. The van der Waals surface area contributed by atoms with E-state index in [-0.39, 0.29) is 0 Å². The molecule has 1 N–H and O–H groups in total. The van der Waals surface area contributed by atoms with Crippen molar-refractivity contribution in [2.75, 3.05) is 13.7 Å². The van der Waals surface area contributed by atoms with Crippen LogP contribution in [0.25, 0.3) is 0 Å². The van der Waals surface area contributed by atoms with Gasteiger partial charge in [-0.3, -0.25) is 0 Å². The summed E-state index contributed by atoms with van der Waals surface area (Å²) in [6.07, 6.45) is 5.16. The molecule has 2 rings (SSSR count). The summed E-state index contributed by atoms with van der Waals surface area (Å²) in [7, 11) is 1.72. The van der Waals surface area contributed by atoms with Gasteiger partial charge in [0.15, 0.2) is 0 Å². The highest BCUT2D eigenvalue weighted by Gasteiger charge is 2.20.